The molecule has 0 aliphatic rings. The van der Waals surface area contributed by atoms with Gasteiger partial charge in [0.05, 0.1) is 18.6 Å². The number of ketones is 1. The summed E-state index contributed by atoms with van der Waals surface area (Å²) in [6.45, 7) is 8.12. The van der Waals surface area contributed by atoms with Crippen molar-refractivity contribution in [1.29, 1.82) is 0 Å². The van der Waals surface area contributed by atoms with Gasteiger partial charge in [-0.05, 0) is 62.1 Å². The van der Waals surface area contributed by atoms with Crippen LogP contribution in [0.4, 0.5) is 0 Å². The van der Waals surface area contributed by atoms with Gasteiger partial charge in [-0.1, -0.05) is 23.9 Å². The number of methoxy groups -OCH3 is 1. The number of ether oxygens (including phenoxy) is 1. The van der Waals surface area contributed by atoms with Crippen LogP contribution in [-0.4, -0.2) is 33.4 Å². The molecule has 0 amide bonds. The fourth-order valence-electron chi connectivity index (χ4n) is 3.10. The van der Waals surface area contributed by atoms with Crippen molar-refractivity contribution in [2.75, 3.05) is 12.9 Å². The highest BCUT2D eigenvalue weighted by molar-refractivity contribution is 7.99. The summed E-state index contributed by atoms with van der Waals surface area (Å²) in [4.78, 5) is 12.9. The van der Waals surface area contributed by atoms with Gasteiger partial charge in [-0.3, -0.25) is 9.36 Å². The van der Waals surface area contributed by atoms with Crippen molar-refractivity contribution in [3.63, 3.8) is 0 Å². The molecule has 0 bridgehead atoms. The van der Waals surface area contributed by atoms with E-state index in [-0.39, 0.29) is 5.78 Å². The molecule has 5 nitrogen and oxygen atoms in total. The third-order valence-corrected chi connectivity index (χ3v) is 5.77. The molecule has 27 heavy (non-hydrogen) atoms. The number of hydrogen-bond donors (Lipinski definition) is 0. The summed E-state index contributed by atoms with van der Waals surface area (Å²) >= 11 is 1.39. The first kappa shape index (κ1) is 19.2. The topological polar surface area (TPSA) is 57.0 Å². The van der Waals surface area contributed by atoms with Gasteiger partial charge in [-0.2, -0.15) is 0 Å². The summed E-state index contributed by atoms with van der Waals surface area (Å²) in [5, 5.41) is 8.86. The predicted octanol–water partition coefficient (Wildman–Crippen LogP) is 4.48. The first-order valence-corrected chi connectivity index (χ1v) is 9.68. The highest BCUT2D eigenvalue weighted by Gasteiger charge is 2.17. The molecule has 2 aromatic carbocycles. The summed E-state index contributed by atoms with van der Waals surface area (Å²) in [6.07, 6.45) is 1.65. The molecule has 140 valence electrons. The summed E-state index contributed by atoms with van der Waals surface area (Å²) in [6, 6.07) is 9.79. The normalized spacial score (nSPS) is 10.9. The van der Waals surface area contributed by atoms with Gasteiger partial charge in [0.15, 0.2) is 10.9 Å². The second-order valence-electron chi connectivity index (χ2n) is 6.53. The SMILES string of the molecule is COc1cccc(-n2cnnc2SCC(=O)c2c(C)c(C)cc(C)c2C)c1. The molecule has 0 saturated carbocycles. The number of aromatic nitrogens is 3. The Morgan fingerprint density at radius 1 is 1.11 bits per heavy atom. The van der Waals surface area contributed by atoms with E-state index >= 15 is 0 Å². The number of rotatable bonds is 6. The summed E-state index contributed by atoms with van der Waals surface area (Å²) < 4.78 is 7.15. The minimum absolute atomic E-state index is 0.113. The maximum Gasteiger partial charge on any atom is 0.196 e. The predicted molar refractivity (Wildman–Crippen MR) is 108 cm³/mol. The van der Waals surface area contributed by atoms with Crippen molar-refractivity contribution < 1.29 is 9.53 Å². The highest BCUT2D eigenvalue weighted by Crippen LogP contribution is 2.26. The fraction of sp³-hybridized carbons (Fsp3) is 0.286. The molecule has 0 unspecified atom stereocenters. The van der Waals surface area contributed by atoms with E-state index < -0.39 is 0 Å². The monoisotopic (exact) mass is 381 g/mol. The Kier molecular flexibility index (Phi) is 5.65. The van der Waals surface area contributed by atoms with E-state index in [2.05, 4.69) is 16.3 Å². The van der Waals surface area contributed by atoms with Gasteiger partial charge in [-0.15, -0.1) is 10.2 Å². The molecule has 0 radical (unpaired) electrons. The Labute approximate surface area is 163 Å². The fourth-order valence-corrected chi connectivity index (χ4v) is 3.90. The zero-order valence-corrected chi connectivity index (χ0v) is 17.1. The average molecular weight is 382 g/mol. The van der Waals surface area contributed by atoms with Crippen LogP contribution in [-0.2, 0) is 0 Å². The van der Waals surface area contributed by atoms with E-state index in [4.69, 9.17) is 4.74 Å². The van der Waals surface area contributed by atoms with Gasteiger partial charge in [0.1, 0.15) is 12.1 Å². The lowest BCUT2D eigenvalue weighted by molar-refractivity contribution is 0.102. The molecule has 3 aromatic rings. The third-order valence-electron chi connectivity index (χ3n) is 4.83. The smallest absolute Gasteiger partial charge is 0.196 e. The van der Waals surface area contributed by atoms with E-state index in [0.717, 1.165) is 39.3 Å². The molecule has 0 saturated heterocycles. The van der Waals surface area contributed by atoms with Gasteiger partial charge in [0.2, 0.25) is 0 Å². The van der Waals surface area contributed by atoms with Crippen molar-refractivity contribution in [1.82, 2.24) is 14.8 Å². The lowest BCUT2D eigenvalue weighted by Crippen LogP contribution is -2.10. The number of nitrogens with zero attached hydrogens (tertiary/aromatic N) is 3. The Morgan fingerprint density at radius 3 is 2.48 bits per heavy atom. The zero-order valence-electron chi connectivity index (χ0n) is 16.2. The van der Waals surface area contributed by atoms with Gasteiger partial charge in [-0.25, -0.2) is 0 Å². The quantitative estimate of drug-likeness (QED) is 0.465. The minimum atomic E-state index is 0.113. The maximum absolute atomic E-state index is 12.9. The van der Waals surface area contributed by atoms with Gasteiger partial charge < -0.3 is 4.74 Å². The van der Waals surface area contributed by atoms with Crippen molar-refractivity contribution in [2.45, 2.75) is 32.9 Å². The van der Waals surface area contributed by atoms with Crippen LogP contribution in [0.3, 0.4) is 0 Å². The Balaban J connectivity index is 1.83. The number of benzene rings is 2. The van der Waals surface area contributed by atoms with Gasteiger partial charge in [0, 0.05) is 11.6 Å². The number of Topliss-reactive ketones (excluding diaryl/α,β-unsaturated/α-hetero) is 1. The molecule has 6 heteroatoms. The molecule has 3 rings (SSSR count). The van der Waals surface area contributed by atoms with E-state index in [0.29, 0.717) is 10.9 Å². The molecule has 0 fully saturated rings. The molecular formula is C21H23N3O2S. The van der Waals surface area contributed by atoms with Crippen LogP contribution in [0.25, 0.3) is 5.69 Å². The van der Waals surface area contributed by atoms with E-state index in [1.54, 1.807) is 13.4 Å². The summed E-state index contributed by atoms with van der Waals surface area (Å²) in [5.74, 6) is 1.18. The van der Waals surface area contributed by atoms with Gasteiger partial charge >= 0.3 is 0 Å². The molecule has 0 aliphatic heterocycles. The van der Waals surface area contributed by atoms with E-state index in [9.17, 15) is 4.79 Å². The van der Waals surface area contributed by atoms with Gasteiger partial charge in [0.25, 0.3) is 0 Å². The summed E-state index contributed by atoms with van der Waals surface area (Å²) in [5.41, 5.74) is 6.12. The van der Waals surface area contributed by atoms with Crippen LogP contribution >= 0.6 is 11.8 Å². The lowest BCUT2D eigenvalue weighted by atomic mass is 9.92. The highest BCUT2D eigenvalue weighted by atomic mass is 32.2. The number of aryl methyl sites for hydroxylation is 2. The van der Waals surface area contributed by atoms with Crippen LogP contribution in [0.15, 0.2) is 41.8 Å². The molecule has 1 heterocycles. The zero-order chi connectivity index (χ0) is 19.6. The van der Waals surface area contributed by atoms with Crippen molar-refractivity contribution >= 4 is 17.5 Å². The third kappa shape index (κ3) is 3.90. The molecule has 0 atom stereocenters. The van der Waals surface area contributed by atoms with Crippen LogP contribution in [0.1, 0.15) is 32.6 Å². The number of carbonyl (C=O) groups excluding carboxylic acids is 1. The number of carbonyl (C=O) groups is 1. The lowest BCUT2D eigenvalue weighted by Gasteiger charge is -2.14. The Bertz CT molecular complexity index is 969. The molecule has 0 aliphatic carbocycles. The number of hydrogen-bond acceptors (Lipinski definition) is 5. The Morgan fingerprint density at radius 2 is 1.81 bits per heavy atom. The second-order valence-corrected chi connectivity index (χ2v) is 7.47. The molecule has 0 spiro atoms. The van der Waals surface area contributed by atoms with E-state index in [1.807, 2.05) is 56.5 Å². The second kappa shape index (κ2) is 7.96. The van der Waals surface area contributed by atoms with Crippen molar-refractivity contribution in [3.05, 3.63) is 64.5 Å². The van der Waals surface area contributed by atoms with Crippen LogP contribution < -0.4 is 4.74 Å². The molecular weight excluding hydrogens is 358 g/mol. The first-order chi connectivity index (χ1) is 12.9. The number of thioether (sulfide) groups is 1. The molecule has 1 aromatic heterocycles. The van der Waals surface area contributed by atoms with E-state index in [1.165, 1.54) is 11.8 Å². The summed E-state index contributed by atoms with van der Waals surface area (Å²) in [7, 11) is 1.63. The minimum Gasteiger partial charge on any atom is -0.497 e. The molecule has 0 N–H and O–H groups in total. The Hall–Kier alpha value is -2.60. The van der Waals surface area contributed by atoms with Crippen LogP contribution in [0.5, 0.6) is 5.75 Å². The maximum atomic E-state index is 12.9. The van der Waals surface area contributed by atoms with Crippen LogP contribution in [0.2, 0.25) is 0 Å². The van der Waals surface area contributed by atoms with Crippen molar-refractivity contribution in [3.8, 4) is 11.4 Å². The average Bonchev–Trinajstić information content (AvgIpc) is 3.13. The largest absolute Gasteiger partial charge is 0.497 e. The van der Waals surface area contributed by atoms with Crippen molar-refractivity contribution in [2.24, 2.45) is 0 Å². The first-order valence-electron chi connectivity index (χ1n) is 8.70. The standard InChI is InChI=1S/C21H23N3O2S/c1-13-9-14(2)16(4)20(15(13)3)19(25)11-27-21-23-22-12-24(21)17-7-6-8-18(10-17)26-5/h6-10,12H,11H2,1-5H3. The van der Waals surface area contributed by atoms with Crippen LogP contribution in [0, 0.1) is 27.7 Å².